The lowest BCUT2D eigenvalue weighted by molar-refractivity contribution is 0.123. The average Bonchev–Trinajstić information content (AvgIpc) is 2.46. The Morgan fingerprint density at radius 2 is 1.75 bits per heavy atom. The molecule has 1 N–H and O–H groups in total. The van der Waals surface area contributed by atoms with Gasteiger partial charge in [-0.3, -0.25) is 9.88 Å². The summed E-state index contributed by atoms with van der Waals surface area (Å²) in [5, 5.41) is 9.65. The summed E-state index contributed by atoms with van der Waals surface area (Å²) in [7, 11) is 0. The smallest absolute Gasteiger partial charge is 0.0639 e. The van der Waals surface area contributed by atoms with Crippen LogP contribution in [0.25, 0.3) is 0 Å². The second-order valence-electron chi connectivity index (χ2n) is 5.18. The van der Waals surface area contributed by atoms with E-state index in [1.54, 1.807) is 0 Å². The molecule has 106 valence electrons. The Kier molecular flexibility index (Phi) is 5.71. The number of pyridine rings is 1. The molecule has 3 nitrogen and oxygen atoms in total. The van der Waals surface area contributed by atoms with Crippen molar-refractivity contribution >= 4 is 0 Å². The van der Waals surface area contributed by atoms with Gasteiger partial charge in [0.15, 0.2) is 0 Å². The van der Waals surface area contributed by atoms with Gasteiger partial charge in [-0.15, -0.1) is 0 Å². The average molecular weight is 270 g/mol. The zero-order valence-corrected chi connectivity index (χ0v) is 11.9. The molecule has 3 heteroatoms. The number of rotatable bonds is 7. The summed E-state index contributed by atoms with van der Waals surface area (Å²) in [6, 6.07) is 14.5. The van der Waals surface area contributed by atoms with Gasteiger partial charge in [0.2, 0.25) is 0 Å². The highest BCUT2D eigenvalue weighted by Crippen LogP contribution is 2.07. The highest BCUT2D eigenvalue weighted by Gasteiger charge is 2.09. The summed E-state index contributed by atoms with van der Waals surface area (Å²) in [4.78, 5) is 6.33. The maximum absolute atomic E-state index is 9.65. The summed E-state index contributed by atoms with van der Waals surface area (Å²) in [6.45, 7) is 4.34. The Balaban J connectivity index is 1.93. The van der Waals surface area contributed by atoms with E-state index in [1.165, 1.54) is 11.1 Å². The Morgan fingerprint density at radius 3 is 2.40 bits per heavy atom. The number of benzene rings is 1. The van der Waals surface area contributed by atoms with Crippen LogP contribution in [0.4, 0.5) is 0 Å². The molecule has 1 aromatic heterocycles. The lowest BCUT2D eigenvalue weighted by atomic mass is 10.1. The maximum Gasteiger partial charge on any atom is 0.0639 e. The molecule has 20 heavy (non-hydrogen) atoms. The van der Waals surface area contributed by atoms with Crippen LogP contribution in [0.3, 0.4) is 0 Å². The minimum absolute atomic E-state index is 0.309. The first-order chi connectivity index (χ1) is 9.74. The molecular weight excluding hydrogens is 248 g/mol. The molecule has 1 aromatic carbocycles. The molecule has 0 spiro atoms. The highest BCUT2D eigenvalue weighted by molar-refractivity contribution is 5.15. The van der Waals surface area contributed by atoms with E-state index in [1.807, 2.05) is 37.5 Å². The monoisotopic (exact) mass is 270 g/mol. The third-order valence-electron chi connectivity index (χ3n) is 3.24. The van der Waals surface area contributed by atoms with Crippen molar-refractivity contribution in [3.05, 3.63) is 66.0 Å². The molecule has 0 saturated heterocycles. The number of nitrogens with zero attached hydrogens (tertiary/aromatic N) is 2. The molecule has 0 aliphatic carbocycles. The largest absolute Gasteiger partial charge is 0.392 e. The molecule has 1 heterocycles. The molecular formula is C17H22N2O. The molecule has 0 aliphatic heterocycles. The summed E-state index contributed by atoms with van der Waals surface area (Å²) in [5.74, 6) is 0. The minimum Gasteiger partial charge on any atom is -0.392 e. The number of aromatic nitrogens is 1. The highest BCUT2D eigenvalue weighted by atomic mass is 16.3. The van der Waals surface area contributed by atoms with E-state index in [-0.39, 0.29) is 6.10 Å². The molecule has 0 amide bonds. The number of hydrogen-bond acceptors (Lipinski definition) is 3. The van der Waals surface area contributed by atoms with Crippen molar-refractivity contribution < 1.29 is 5.11 Å². The predicted octanol–water partition coefficient (Wildman–Crippen LogP) is 2.51. The van der Waals surface area contributed by atoms with Gasteiger partial charge in [0.1, 0.15) is 0 Å². The molecule has 0 aliphatic rings. The topological polar surface area (TPSA) is 36.4 Å². The van der Waals surface area contributed by atoms with Crippen LogP contribution in [0.5, 0.6) is 0 Å². The third-order valence-corrected chi connectivity index (χ3v) is 3.24. The summed E-state index contributed by atoms with van der Waals surface area (Å²) in [5.41, 5.74) is 2.56. The molecule has 1 atom stereocenters. The Morgan fingerprint density at radius 1 is 1.05 bits per heavy atom. The molecule has 0 bridgehead atoms. The maximum atomic E-state index is 9.65. The third kappa shape index (κ3) is 5.11. The first kappa shape index (κ1) is 14.7. The van der Waals surface area contributed by atoms with Gasteiger partial charge in [-0.05, 0) is 36.6 Å². The molecule has 0 fully saturated rings. The van der Waals surface area contributed by atoms with Crippen molar-refractivity contribution in [3.63, 3.8) is 0 Å². The Bertz CT molecular complexity index is 485. The van der Waals surface area contributed by atoms with Crippen LogP contribution in [-0.4, -0.2) is 34.2 Å². The van der Waals surface area contributed by atoms with Crippen molar-refractivity contribution in [2.24, 2.45) is 0 Å². The van der Waals surface area contributed by atoms with Gasteiger partial charge in [-0.2, -0.15) is 0 Å². The lowest BCUT2D eigenvalue weighted by Crippen LogP contribution is -2.32. The van der Waals surface area contributed by atoms with Gasteiger partial charge < -0.3 is 5.11 Å². The van der Waals surface area contributed by atoms with Crippen LogP contribution in [-0.2, 0) is 13.0 Å². The van der Waals surface area contributed by atoms with Gasteiger partial charge in [0.05, 0.1) is 6.10 Å². The van der Waals surface area contributed by atoms with E-state index >= 15 is 0 Å². The van der Waals surface area contributed by atoms with Gasteiger partial charge >= 0.3 is 0 Å². The van der Waals surface area contributed by atoms with E-state index in [0.717, 1.165) is 19.5 Å². The zero-order valence-electron chi connectivity index (χ0n) is 11.9. The normalized spacial score (nSPS) is 12.6. The van der Waals surface area contributed by atoms with E-state index in [0.29, 0.717) is 6.54 Å². The van der Waals surface area contributed by atoms with Crippen molar-refractivity contribution in [1.82, 2.24) is 9.88 Å². The minimum atomic E-state index is -0.309. The van der Waals surface area contributed by atoms with Crippen molar-refractivity contribution in [1.29, 1.82) is 0 Å². The molecule has 0 saturated carbocycles. The second kappa shape index (κ2) is 7.78. The van der Waals surface area contributed by atoms with E-state index < -0.39 is 0 Å². The summed E-state index contributed by atoms with van der Waals surface area (Å²) < 4.78 is 0. The quantitative estimate of drug-likeness (QED) is 0.840. The Labute approximate surface area is 120 Å². The van der Waals surface area contributed by atoms with Crippen LogP contribution in [0.15, 0.2) is 54.9 Å². The van der Waals surface area contributed by atoms with E-state index in [2.05, 4.69) is 34.1 Å². The van der Waals surface area contributed by atoms with Crippen LogP contribution in [0.2, 0.25) is 0 Å². The van der Waals surface area contributed by atoms with Crippen molar-refractivity contribution in [3.8, 4) is 0 Å². The fourth-order valence-corrected chi connectivity index (χ4v) is 2.29. The lowest BCUT2D eigenvalue weighted by Gasteiger charge is -2.23. The molecule has 2 rings (SSSR count). The fraction of sp³-hybridized carbons (Fsp3) is 0.353. The van der Waals surface area contributed by atoms with Crippen LogP contribution < -0.4 is 0 Å². The predicted molar refractivity (Wildman–Crippen MR) is 81.3 cm³/mol. The van der Waals surface area contributed by atoms with Gasteiger partial charge in [0.25, 0.3) is 0 Å². The van der Waals surface area contributed by atoms with Crippen molar-refractivity contribution in [2.75, 3.05) is 13.1 Å². The van der Waals surface area contributed by atoms with Crippen LogP contribution >= 0.6 is 0 Å². The first-order valence-electron chi connectivity index (χ1n) is 7.07. The van der Waals surface area contributed by atoms with Gasteiger partial charge in [-0.25, -0.2) is 0 Å². The van der Waals surface area contributed by atoms with E-state index in [9.17, 15) is 5.11 Å². The number of aliphatic hydroxyl groups is 1. The zero-order chi connectivity index (χ0) is 14.2. The van der Waals surface area contributed by atoms with Crippen LogP contribution in [0.1, 0.15) is 18.1 Å². The molecule has 0 radical (unpaired) electrons. The number of hydrogen-bond donors (Lipinski definition) is 1. The molecule has 2 aromatic rings. The van der Waals surface area contributed by atoms with E-state index in [4.69, 9.17) is 0 Å². The molecule has 0 unspecified atom stereocenters. The summed E-state index contributed by atoms with van der Waals surface area (Å²) >= 11 is 0. The van der Waals surface area contributed by atoms with Crippen LogP contribution in [0, 0.1) is 0 Å². The first-order valence-corrected chi connectivity index (χ1v) is 7.07. The standard InChI is InChI=1S/C17H22N2O/c1-15(20)13-19(14-17-5-3-2-4-6-17)12-9-16-7-10-18-11-8-16/h2-8,10-11,15,20H,9,12-14H2,1H3/t15-/m0/s1. The van der Waals surface area contributed by atoms with Crippen molar-refractivity contribution in [2.45, 2.75) is 26.0 Å². The SMILES string of the molecule is C[C@H](O)CN(CCc1ccncc1)Cc1ccccc1. The van der Waals surface area contributed by atoms with Gasteiger partial charge in [0, 0.05) is 32.0 Å². The fourth-order valence-electron chi connectivity index (χ4n) is 2.29. The Hall–Kier alpha value is -1.71. The summed E-state index contributed by atoms with van der Waals surface area (Å²) in [6.07, 6.45) is 4.32. The number of aliphatic hydroxyl groups excluding tert-OH is 1. The van der Waals surface area contributed by atoms with Gasteiger partial charge in [-0.1, -0.05) is 30.3 Å². The second-order valence-corrected chi connectivity index (χ2v) is 5.18.